The SMILES string of the molecule is CC(=O)Nc1cccc(SC(C)C(=O)Nc2nc3ccccc3s2)c1. The Morgan fingerprint density at radius 1 is 1.12 bits per heavy atom. The molecule has 0 saturated heterocycles. The monoisotopic (exact) mass is 371 g/mol. The van der Waals surface area contributed by atoms with Crippen LogP contribution in [0.1, 0.15) is 13.8 Å². The normalized spacial score (nSPS) is 11.9. The van der Waals surface area contributed by atoms with Crippen LogP contribution >= 0.6 is 23.1 Å². The maximum Gasteiger partial charge on any atom is 0.239 e. The molecule has 0 fully saturated rings. The average molecular weight is 371 g/mol. The number of thioether (sulfide) groups is 1. The highest BCUT2D eigenvalue weighted by Gasteiger charge is 2.16. The number of carbonyl (C=O) groups excluding carboxylic acids is 2. The lowest BCUT2D eigenvalue weighted by Gasteiger charge is -2.11. The van der Waals surface area contributed by atoms with Gasteiger partial charge in [-0.3, -0.25) is 9.59 Å². The van der Waals surface area contributed by atoms with Gasteiger partial charge in [-0.1, -0.05) is 29.5 Å². The van der Waals surface area contributed by atoms with Gasteiger partial charge in [0.1, 0.15) is 0 Å². The molecule has 0 aliphatic rings. The summed E-state index contributed by atoms with van der Waals surface area (Å²) in [7, 11) is 0. The van der Waals surface area contributed by atoms with Crippen molar-refractivity contribution in [2.24, 2.45) is 0 Å². The summed E-state index contributed by atoms with van der Waals surface area (Å²) in [6.07, 6.45) is 0. The lowest BCUT2D eigenvalue weighted by molar-refractivity contribution is -0.115. The highest BCUT2D eigenvalue weighted by atomic mass is 32.2. The van der Waals surface area contributed by atoms with Crippen molar-refractivity contribution in [3.05, 3.63) is 48.5 Å². The Morgan fingerprint density at radius 3 is 2.68 bits per heavy atom. The van der Waals surface area contributed by atoms with Gasteiger partial charge in [-0.15, -0.1) is 11.8 Å². The summed E-state index contributed by atoms with van der Waals surface area (Å²) in [6.45, 7) is 3.31. The quantitative estimate of drug-likeness (QED) is 0.653. The first kappa shape index (κ1) is 17.4. The van der Waals surface area contributed by atoms with E-state index in [2.05, 4.69) is 15.6 Å². The summed E-state index contributed by atoms with van der Waals surface area (Å²) >= 11 is 2.89. The lowest BCUT2D eigenvalue weighted by atomic mass is 10.3. The van der Waals surface area contributed by atoms with Crippen LogP contribution in [0.15, 0.2) is 53.4 Å². The fourth-order valence-electron chi connectivity index (χ4n) is 2.24. The van der Waals surface area contributed by atoms with Crippen molar-refractivity contribution in [2.75, 3.05) is 10.6 Å². The van der Waals surface area contributed by atoms with Crippen molar-refractivity contribution >= 4 is 55.9 Å². The van der Waals surface area contributed by atoms with Crippen LogP contribution in [0.2, 0.25) is 0 Å². The molecule has 2 aromatic carbocycles. The summed E-state index contributed by atoms with van der Waals surface area (Å²) in [5.41, 5.74) is 1.60. The zero-order valence-electron chi connectivity index (χ0n) is 13.8. The first-order valence-electron chi connectivity index (χ1n) is 7.72. The number of hydrogen-bond acceptors (Lipinski definition) is 5. The van der Waals surface area contributed by atoms with E-state index in [9.17, 15) is 9.59 Å². The molecule has 2 N–H and O–H groups in total. The van der Waals surface area contributed by atoms with E-state index in [4.69, 9.17) is 0 Å². The molecule has 2 amide bonds. The maximum atomic E-state index is 12.4. The van der Waals surface area contributed by atoms with Gasteiger partial charge < -0.3 is 10.6 Å². The summed E-state index contributed by atoms with van der Waals surface area (Å²) in [6, 6.07) is 15.2. The van der Waals surface area contributed by atoms with Crippen LogP contribution in [0.3, 0.4) is 0 Å². The summed E-state index contributed by atoms with van der Waals surface area (Å²) in [5.74, 6) is -0.224. The van der Waals surface area contributed by atoms with Gasteiger partial charge in [0.05, 0.1) is 15.5 Å². The van der Waals surface area contributed by atoms with Gasteiger partial charge in [0.15, 0.2) is 5.13 Å². The first-order valence-corrected chi connectivity index (χ1v) is 9.41. The molecule has 1 heterocycles. The maximum absolute atomic E-state index is 12.4. The number of nitrogens with zero attached hydrogens (tertiary/aromatic N) is 1. The van der Waals surface area contributed by atoms with Gasteiger partial charge in [-0.2, -0.15) is 0 Å². The number of anilines is 2. The topological polar surface area (TPSA) is 71.1 Å². The molecule has 0 radical (unpaired) electrons. The molecule has 0 aliphatic heterocycles. The molecule has 0 spiro atoms. The number of nitrogens with one attached hydrogen (secondary N) is 2. The number of fused-ring (bicyclic) bond motifs is 1. The Morgan fingerprint density at radius 2 is 1.92 bits per heavy atom. The smallest absolute Gasteiger partial charge is 0.239 e. The second-order valence-electron chi connectivity index (χ2n) is 5.45. The van der Waals surface area contributed by atoms with Gasteiger partial charge in [0.25, 0.3) is 0 Å². The first-order chi connectivity index (χ1) is 12.0. The van der Waals surface area contributed by atoms with Gasteiger partial charge in [0.2, 0.25) is 11.8 Å². The van der Waals surface area contributed by atoms with E-state index in [0.29, 0.717) is 5.13 Å². The van der Waals surface area contributed by atoms with E-state index >= 15 is 0 Å². The molecule has 0 bridgehead atoms. The fourth-order valence-corrected chi connectivity index (χ4v) is 4.04. The van der Waals surface area contributed by atoms with Crippen molar-refractivity contribution in [3.63, 3.8) is 0 Å². The average Bonchev–Trinajstić information content (AvgIpc) is 2.96. The molecular weight excluding hydrogens is 354 g/mol. The number of benzene rings is 2. The van der Waals surface area contributed by atoms with Crippen LogP contribution in [0.5, 0.6) is 0 Å². The Balaban J connectivity index is 1.65. The molecule has 7 heteroatoms. The highest BCUT2D eigenvalue weighted by Crippen LogP contribution is 2.29. The minimum atomic E-state index is -0.292. The zero-order valence-corrected chi connectivity index (χ0v) is 15.4. The summed E-state index contributed by atoms with van der Waals surface area (Å²) in [4.78, 5) is 28.9. The number of para-hydroxylation sites is 1. The zero-order chi connectivity index (χ0) is 17.8. The van der Waals surface area contributed by atoms with Gasteiger partial charge >= 0.3 is 0 Å². The molecule has 1 unspecified atom stereocenters. The van der Waals surface area contributed by atoms with Crippen LogP contribution in [0.25, 0.3) is 10.2 Å². The highest BCUT2D eigenvalue weighted by molar-refractivity contribution is 8.00. The number of aromatic nitrogens is 1. The fraction of sp³-hybridized carbons (Fsp3) is 0.167. The van der Waals surface area contributed by atoms with E-state index in [1.54, 1.807) is 0 Å². The molecule has 5 nitrogen and oxygen atoms in total. The lowest BCUT2D eigenvalue weighted by Crippen LogP contribution is -2.22. The van der Waals surface area contributed by atoms with Crippen molar-refractivity contribution < 1.29 is 9.59 Å². The second-order valence-corrected chi connectivity index (χ2v) is 7.89. The number of carbonyl (C=O) groups is 2. The predicted octanol–water partition coefficient (Wildman–Crippen LogP) is 4.37. The van der Waals surface area contributed by atoms with E-state index < -0.39 is 0 Å². The Hall–Kier alpha value is -2.38. The molecule has 1 aromatic heterocycles. The molecule has 0 saturated carbocycles. The van der Waals surface area contributed by atoms with Gasteiger partial charge in [0, 0.05) is 17.5 Å². The third-order valence-electron chi connectivity index (χ3n) is 3.36. The van der Waals surface area contributed by atoms with E-state index in [1.807, 2.05) is 55.5 Å². The van der Waals surface area contributed by atoms with E-state index in [0.717, 1.165) is 20.8 Å². The van der Waals surface area contributed by atoms with Crippen molar-refractivity contribution in [1.82, 2.24) is 4.98 Å². The molecule has 25 heavy (non-hydrogen) atoms. The minimum absolute atomic E-state index is 0.103. The van der Waals surface area contributed by atoms with Crippen LogP contribution in [-0.4, -0.2) is 22.0 Å². The Kier molecular flexibility index (Phi) is 5.35. The van der Waals surface area contributed by atoms with E-state index in [-0.39, 0.29) is 17.1 Å². The van der Waals surface area contributed by atoms with Crippen LogP contribution in [0, 0.1) is 0 Å². The number of rotatable bonds is 5. The predicted molar refractivity (Wildman–Crippen MR) is 104 cm³/mol. The van der Waals surface area contributed by atoms with E-state index in [1.165, 1.54) is 30.0 Å². The van der Waals surface area contributed by atoms with Crippen molar-refractivity contribution in [1.29, 1.82) is 0 Å². The largest absolute Gasteiger partial charge is 0.326 e. The van der Waals surface area contributed by atoms with Crippen LogP contribution in [-0.2, 0) is 9.59 Å². The Labute approximate surface area is 153 Å². The van der Waals surface area contributed by atoms with Gasteiger partial charge in [-0.05, 0) is 37.3 Å². The van der Waals surface area contributed by atoms with Crippen LogP contribution in [0.4, 0.5) is 10.8 Å². The standard InChI is InChI=1S/C18H17N3O2S2/c1-11(24-14-7-5-6-13(10-14)19-12(2)22)17(23)21-18-20-15-8-3-4-9-16(15)25-18/h3-11H,1-2H3,(H,19,22)(H,20,21,23). The van der Waals surface area contributed by atoms with Crippen molar-refractivity contribution in [3.8, 4) is 0 Å². The van der Waals surface area contributed by atoms with Crippen LogP contribution < -0.4 is 10.6 Å². The second kappa shape index (κ2) is 7.67. The summed E-state index contributed by atoms with van der Waals surface area (Å²) in [5, 5.41) is 5.93. The van der Waals surface area contributed by atoms with Gasteiger partial charge in [-0.25, -0.2) is 4.98 Å². The molecule has 3 rings (SSSR count). The Bertz CT molecular complexity index is 890. The third-order valence-corrected chi connectivity index (χ3v) is 5.41. The molecular formula is C18H17N3O2S2. The molecule has 0 aliphatic carbocycles. The molecule has 1 atom stereocenters. The van der Waals surface area contributed by atoms with Crippen molar-refractivity contribution in [2.45, 2.75) is 24.0 Å². The number of amides is 2. The third kappa shape index (κ3) is 4.58. The molecule has 128 valence electrons. The molecule has 3 aromatic rings. The summed E-state index contributed by atoms with van der Waals surface area (Å²) < 4.78 is 1.04. The number of hydrogen-bond donors (Lipinski definition) is 2. The minimum Gasteiger partial charge on any atom is -0.326 e. The number of thiazole rings is 1.